The van der Waals surface area contributed by atoms with Crippen LogP contribution in [0, 0.1) is 5.41 Å². The first-order chi connectivity index (χ1) is 6.74. The molecule has 0 radical (unpaired) electrons. The highest BCUT2D eigenvalue weighted by molar-refractivity contribution is 6.27. The highest BCUT2D eigenvalue weighted by Crippen LogP contribution is 2.39. The van der Waals surface area contributed by atoms with Gasteiger partial charge in [-0.1, -0.05) is 12.2 Å². The highest BCUT2D eigenvalue weighted by Gasteiger charge is 2.40. The predicted octanol–water partition coefficient (Wildman–Crippen LogP) is 1.08. The fourth-order valence-electron chi connectivity index (χ4n) is 2.09. The van der Waals surface area contributed by atoms with E-state index in [2.05, 4.69) is 17.5 Å². The quantitative estimate of drug-likeness (QED) is 0.565. The average molecular weight is 216 g/mol. The van der Waals surface area contributed by atoms with Crippen LogP contribution < -0.4 is 5.32 Å². The first-order valence-corrected chi connectivity index (χ1v) is 5.38. The predicted molar refractivity (Wildman–Crippen MR) is 54.3 cm³/mol. The second-order valence-electron chi connectivity index (χ2n) is 4.10. The van der Waals surface area contributed by atoms with Crippen molar-refractivity contribution in [3.8, 4) is 0 Å². The minimum Gasteiger partial charge on any atom is -0.373 e. The van der Waals surface area contributed by atoms with E-state index in [1.165, 1.54) is 0 Å². The van der Waals surface area contributed by atoms with Crippen LogP contribution in [0.3, 0.4) is 0 Å². The van der Waals surface area contributed by atoms with Gasteiger partial charge in [-0.15, -0.1) is 11.6 Å². The summed E-state index contributed by atoms with van der Waals surface area (Å²) in [4.78, 5) is 11.0. The Morgan fingerprint density at radius 1 is 1.71 bits per heavy atom. The van der Waals surface area contributed by atoms with Crippen LogP contribution in [0.5, 0.6) is 0 Å². The maximum absolute atomic E-state index is 11.0. The van der Waals surface area contributed by atoms with Gasteiger partial charge in [0.05, 0.1) is 12.7 Å². The van der Waals surface area contributed by atoms with Gasteiger partial charge in [-0.2, -0.15) is 0 Å². The van der Waals surface area contributed by atoms with Gasteiger partial charge < -0.3 is 10.1 Å². The Hall–Kier alpha value is -0.540. The minimum atomic E-state index is -0.0981. The average Bonchev–Trinajstić information content (AvgIpc) is 2.51. The molecule has 1 amide bonds. The van der Waals surface area contributed by atoms with E-state index in [-0.39, 0.29) is 23.3 Å². The topological polar surface area (TPSA) is 38.3 Å². The fraction of sp³-hybridized carbons (Fsp3) is 0.700. The Morgan fingerprint density at radius 2 is 2.57 bits per heavy atom. The summed E-state index contributed by atoms with van der Waals surface area (Å²) in [6.07, 6.45) is 6.53. The van der Waals surface area contributed by atoms with Crippen LogP contribution in [0.4, 0.5) is 0 Å². The lowest BCUT2D eigenvalue weighted by Crippen LogP contribution is -2.39. The Labute approximate surface area is 88.5 Å². The van der Waals surface area contributed by atoms with Gasteiger partial charge in [-0.3, -0.25) is 4.79 Å². The van der Waals surface area contributed by atoms with Gasteiger partial charge in [0, 0.05) is 12.0 Å². The van der Waals surface area contributed by atoms with E-state index < -0.39 is 0 Å². The third-order valence-electron chi connectivity index (χ3n) is 2.92. The van der Waals surface area contributed by atoms with E-state index in [9.17, 15) is 4.79 Å². The second-order valence-corrected chi connectivity index (χ2v) is 4.36. The van der Waals surface area contributed by atoms with Crippen LogP contribution in [0.25, 0.3) is 0 Å². The van der Waals surface area contributed by atoms with Gasteiger partial charge in [0.15, 0.2) is 0 Å². The first-order valence-electron chi connectivity index (χ1n) is 4.85. The second kappa shape index (κ2) is 3.91. The number of hydrogen-bond donors (Lipinski definition) is 1. The maximum atomic E-state index is 11.0. The molecule has 1 N–H and O–H groups in total. The van der Waals surface area contributed by atoms with Crippen LogP contribution in [0.1, 0.15) is 12.8 Å². The van der Waals surface area contributed by atoms with Crippen molar-refractivity contribution < 1.29 is 9.53 Å². The molecule has 3 nitrogen and oxygen atoms in total. The van der Waals surface area contributed by atoms with Crippen LogP contribution in [0.15, 0.2) is 12.2 Å². The van der Waals surface area contributed by atoms with Gasteiger partial charge in [-0.05, 0) is 12.8 Å². The Balaban J connectivity index is 1.90. The molecule has 78 valence electrons. The number of amides is 1. The standard InChI is InChI=1S/C10H14ClNO2/c11-5-9(13)12-6-10-3-1-2-8(4-10)14-7-10/h1-2,8H,3-7H2,(H,12,13). The number of fused-ring (bicyclic) bond motifs is 2. The lowest BCUT2D eigenvalue weighted by atomic mass is 9.79. The fourth-order valence-corrected chi connectivity index (χ4v) is 2.19. The molecule has 0 aromatic carbocycles. The third kappa shape index (κ3) is 1.93. The molecule has 4 heteroatoms. The number of rotatable bonds is 3. The van der Waals surface area contributed by atoms with E-state index in [0.717, 1.165) is 19.4 Å². The maximum Gasteiger partial charge on any atom is 0.234 e. The molecular formula is C10H14ClNO2. The van der Waals surface area contributed by atoms with E-state index in [0.29, 0.717) is 6.54 Å². The van der Waals surface area contributed by atoms with E-state index in [1.54, 1.807) is 0 Å². The summed E-state index contributed by atoms with van der Waals surface area (Å²) < 4.78 is 5.58. The third-order valence-corrected chi connectivity index (χ3v) is 3.16. The van der Waals surface area contributed by atoms with Crippen LogP contribution in [-0.2, 0) is 9.53 Å². The van der Waals surface area contributed by atoms with E-state index in [1.807, 2.05) is 0 Å². The van der Waals surface area contributed by atoms with Crippen molar-refractivity contribution in [2.24, 2.45) is 5.41 Å². The zero-order valence-corrected chi connectivity index (χ0v) is 8.72. The lowest BCUT2D eigenvalue weighted by Gasteiger charge is -2.28. The van der Waals surface area contributed by atoms with Crippen LogP contribution >= 0.6 is 11.6 Å². The zero-order chi connectivity index (χ0) is 10.0. The van der Waals surface area contributed by atoms with Crippen molar-refractivity contribution in [2.45, 2.75) is 18.9 Å². The number of alkyl halides is 1. The molecule has 1 saturated heterocycles. The Morgan fingerprint density at radius 3 is 3.36 bits per heavy atom. The van der Waals surface area contributed by atoms with E-state index in [4.69, 9.17) is 16.3 Å². The number of ether oxygens (including phenoxy) is 1. The van der Waals surface area contributed by atoms with Gasteiger partial charge in [0.2, 0.25) is 5.91 Å². The summed E-state index contributed by atoms with van der Waals surface area (Å²) in [7, 11) is 0. The molecule has 2 unspecified atom stereocenters. The molecular weight excluding hydrogens is 202 g/mol. The number of carbonyl (C=O) groups is 1. The number of nitrogens with one attached hydrogen (secondary N) is 1. The molecule has 0 saturated carbocycles. The summed E-state index contributed by atoms with van der Waals surface area (Å²) in [5, 5.41) is 2.84. The smallest absolute Gasteiger partial charge is 0.234 e. The summed E-state index contributed by atoms with van der Waals surface area (Å²) in [6, 6.07) is 0. The molecule has 1 aliphatic heterocycles. The molecule has 1 heterocycles. The number of carbonyl (C=O) groups excluding carboxylic acids is 1. The van der Waals surface area contributed by atoms with Crippen LogP contribution in [0.2, 0.25) is 0 Å². The summed E-state index contributed by atoms with van der Waals surface area (Å²) in [6.45, 7) is 1.42. The van der Waals surface area contributed by atoms with Crippen molar-refractivity contribution in [1.82, 2.24) is 5.32 Å². The number of halogens is 1. The molecule has 2 atom stereocenters. The SMILES string of the molecule is O=C(CCl)NCC12CC=CC(C1)OC2. The first kappa shape index (κ1) is 9.99. The lowest BCUT2D eigenvalue weighted by molar-refractivity contribution is -0.119. The van der Waals surface area contributed by atoms with Crippen molar-refractivity contribution in [1.29, 1.82) is 0 Å². The molecule has 1 fully saturated rings. The zero-order valence-electron chi connectivity index (χ0n) is 7.96. The number of allylic oxidation sites excluding steroid dienone is 1. The molecule has 0 spiro atoms. The highest BCUT2D eigenvalue weighted by atomic mass is 35.5. The van der Waals surface area contributed by atoms with Crippen molar-refractivity contribution in [3.63, 3.8) is 0 Å². The van der Waals surface area contributed by atoms with E-state index >= 15 is 0 Å². The van der Waals surface area contributed by atoms with Crippen molar-refractivity contribution >= 4 is 17.5 Å². The molecule has 1 aliphatic carbocycles. The van der Waals surface area contributed by atoms with Crippen molar-refractivity contribution in [3.05, 3.63) is 12.2 Å². The van der Waals surface area contributed by atoms with Crippen molar-refractivity contribution in [2.75, 3.05) is 19.0 Å². The minimum absolute atomic E-state index is 0.0379. The number of hydrogen-bond acceptors (Lipinski definition) is 2. The molecule has 2 bridgehead atoms. The molecule has 0 aromatic heterocycles. The summed E-state index contributed by atoms with van der Waals surface area (Å²) in [5.74, 6) is -0.0602. The van der Waals surface area contributed by atoms with Gasteiger partial charge >= 0.3 is 0 Å². The molecule has 2 rings (SSSR count). The Kier molecular flexibility index (Phi) is 2.79. The molecule has 2 aliphatic rings. The monoisotopic (exact) mass is 215 g/mol. The Bertz CT molecular complexity index is 267. The van der Waals surface area contributed by atoms with Gasteiger partial charge in [-0.25, -0.2) is 0 Å². The summed E-state index contributed by atoms with van der Waals surface area (Å²) >= 11 is 5.41. The van der Waals surface area contributed by atoms with Gasteiger partial charge in [0.1, 0.15) is 5.88 Å². The normalized spacial score (nSPS) is 34.5. The van der Waals surface area contributed by atoms with Crippen LogP contribution in [-0.4, -0.2) is 31.0 Å². The molecule has 14 heavy (non-hydrogen) atoms. The summed E-state index contributed by atoms with van der Waals surface area (Å²) in [5.41, 5.74) is 0.126. The largest absolute Gasteiger partial charge is 0.373 e. The van der Waals surface area contributed by atoms with Gasteiger partial charge in [0.25, 0.3) is 0 Å². The molecule has 0 aromatic rings.